The maximum atomic E-state index is 13.5. The van der Waals surface area contributed by atoms with Gasteiger partial charge in [0.2, 0.25) is 5.91 Å². The molecule has 1 heterocycles. The minimum Gasteiger partial charge on any atom is -0.369 e. The highest BCUT2D eigenvalue weighted by atomic mass is 16.2. The van der Waals surface area contributed by atoms with Crippen LogP contribution in [0.15, 0.2) is 47.5 Å². The van der Waals surface area contributed by atoms with Crippen molar-refractivity contribution in [2.24, 2.45) is 40.3 Å². The van der Waals surface area contributed by atoms with Crippen molar-refractivity contribution < 1.29 is 9.59 Å². The predicted octanol–water partition coefficient (Wildman–Crippen LogP) is 7.13. The Labute approximate surface area is 240 Å². The van der Waals surface area contributed by atoms with E-state index in [-0.39, 0.29) is 23.7 Å². The number of likely N-dealkylation sites (N-methyl/N-ethyl adjacent to an activating group) is 1. The number of nitrogens with zero attached hydrogens (tertiary/aromatic N) is 2. The third kappa shape index (κ3) is 6.21. The monoisotopic (exact) mass is 544 g/mol. The molecule has 216 valence electrons. The van der Waals surface area contributed by atoms with Gasteiger partial charge in [0.1, 0.15) is 5.54 Å². The summed E-state index contributed by atoms with van der Waals surface area (Å²) in [7, 11) is 1.77. The van der Waals surface area contributed by atoms with Crippen molar-refractivity contribution in [1.29, 1.82) is 0 Å². The number of guanidine groups is 1. The van der Waals surface area contributed by atoms with Crippen LogP contribution in [0.4, 0.5) is 5.69 Å². The largest absolute Gasteiger partial charge is 0.369 e. The lowest BCUT2D eigenvalue weighted by molar-refractivity contribution is -0.131. The molecule has 2 aliphatic carbocycles. The van der Waals surface area contributed by atoms with E-state index in [0.29, 0.717) is 23.7 Å². The van der Waals surface area contributed by atoms with Crippen molar-refractivity contribution in [1.82, 2.24) is 4.90 Å². The van der Waals surface area contributed by atoms with Crippen LogP contribution >= 0.6 is 0 Å². The van der Waals surface area contributed by atoms with Crippen LogP contribution < -0.4 is 11.1 Å². The number of anilines is 1. The van der Waals surface area contributed by atoms with E-state index in [1.807, 2.05) is 18.2 Å². The Kier molecular flexibility index (Phi) is 8.82. The van der Waals surface area contributed by atoms with Crippen molar-refractivity contribution in [2.75, 3.05) is 12.4 Å². The van der Waals surface area contributed by atoms with E-state index in [1.54, 1.807) is 11.9 Å². The SMILES string of the molecule is CC(C(=O)Nc1ccc2ccccc2c1)C(C)C1CCC[C@H](C[C@@]2(CCC3CCCCC3)N=C(N)N(C)C2=O)C1. The summed E-state index contributed by atoms with van der Waals surface area (Å²) in [6, 6.07) is 14.3. The minimum absolute atomic E-state index is 0.0822. The van der Waals surface area contributed by atoms with Gasteiger partial charge in [-0.2, -0.15) is 0 Å². The molecule has 0 bridgehead atoms. The van der Waals surface area contributed by atoms with Crippen LogP contribution in [0.1, 0.15) is 90.9 Å². The van der Waals surface area contributed by atoms with Gasteiger partial charge in [0.05, 0.1) is 0 Å². The number of nitrogens with one attached hydrogen (secondary N) is 1. The maximum Gasteiger partial charge on any atom is 0.257 e. The van der Waals surface area contributed by atoms with E-state index in [9.17, 15) is 9.59 Å². The van der Waals surface area contributed by atoms with Gasteiger partial charge in [-0.15, -0.1) is 0 Å². The quantitative estimate of drug-likeness (QED) is 0.352. The predicted molar refractivity (Wildman–Crippen MR) is 164 cm³/mol. The lowest BCUT2D eigenvalue weighted by Crippen LogP contribution is -2.44. The van der Waals surface area contributed by atoms with Gasteiger partial charge in [-0.25, -0.2) is 4.99 Å². The summed E-state index contributed by atoms with van der Waals surface area (Å²) in [5, 5.41) is 5.47. The Balaban J connectivity index is 1.22. The number of carbonyl (C=O) groups is 2. The second kappa shape index (κ2) is 12.3. The molecule has 3 N–H and O–H groups in total. The first kappa shape index (κ1) is 28.6. The fraction of sp³-hybridized carbons (Fsp3) is 0.618. The molecule has 2 saturated carbocycles. The Morgan fingerprint density at radius 3 is 2.48 bits per heavy atom. The first-order valence-electron chi connectivity index (χ1n) is 15.7. The van der Waals surface area contributed by atoms with Crippen molar-refractivity contribution in [2.45, 2.75) is 96.4 Å². The number of aliphatic imine (C=N–C) groups is 1. The summed E-state index contributed by atoms with van der Waals surface area (Å²) in [6.45, 7) is 4.30. The Hall–Kier alpha value is -2.89. The van der Waals surface area contributed by atoms with Crippen molar-refractivity contribution in [3.8, 4) is 0 Å². The number of hydrogen-bond donors (Lipinski definition) is 2. The first-order valence-corrected chi connectivity index (χ1v) is 15.7. The molecule has 3 unspecified atom stereocenters. The third-order valence-corrected chi connectivity index (χ3v) is 10.5. The van der Waals surface area contributed by atoms with Crippen LogP contribution in [-0.4, -0.2) is 35.3 Å². The summed E-state index contributed by atoms with van der Waals surface area (Å²) in [4.78, 5) is 33.3. The normalized spacial score (nSPS) is 27.4. The molecule has 0 spiro atoms. The number of rotatable bonds is 9. The van der Waals surface area contributed by atoms with Gasteiger partial charge in [0.15, 0.2) is 5.96 Å². The van der Waals surface area contributed by atoms with E-state index in [2.05, 4.69) is 43.4 Å². The standard InChI is InChI=1S/C34H48N4O2/c1-23(24(2)31(39)36-30-17-16-27-13-7-8-14-29(27)21-30)28-15-9-12-26(20-28)22-34(32(40)38(3)33(35)37-34)19-18-25-10-5-4-6-11-25/h7-8,13-14,16-17,21,23-26,28H,4-6,9-12,15,18-20,22H2,1-3H3,(H2,35,37)(H,36,39)/t23?,24?,26-,28?,34+/m0/s1. The van der Waals surface area contributed by atoms with E-state index in [1.165, 1.54) is 37.5 Å². The molecule has 2 aromatic rings. The molecule has 2 fully saturated rings. The first-order chi connectivity index (χ1) is 19.3. The zero-order valence-corrected chi connectivity index (χ0v) is 24.7. The van der Waals surface area contributed by atoms with E-state index >= 15 is 0 Å². The summed E-state index contributed by atoms with van der Waals surface area (Å²) >= 11 is 0. The molecule has 0 aromatic heterocycles. The zero-order valence-electron chi connectivity index (χ0n) is 24.7. The number of fused-ring (bicyclic) bond motifs is 1. The van der Waals surface area contributed by atoms with Crippen LogP contribution in [0.3, 0.4) is 0 Å². The van der Waals surface area contributed by atoms with Gasteiger partial charge >= 0.3 is 0 Å². The Morgan fingerprint density at radius 1 is 1.02 bits per heavy atom. The fourth-order valence-corrected chi connectivity index (χ4v) is 7.72. The Bertz CT molecular complexity index is 1240. The molecule has 2 aromatic carbocycles. The molecule has 2 amide bonds. The number of amides is 2. The van der Waals surface area contributed by atoms with Gasteiger partial charge in [0, 0.05) is 18.7 Å². The van der Waals surface area contributed by atoms with E-state index in [4.69, 9.17) is 10.7 Å². The molecule has 0 radical (unpaired) electrons. The molecule has 5 atom stereocenters. The highest BCUT2D eigenvalue weighted by Crippen LogP contribution is 2.44. The smallest absolute Gasteiger partial charge is 0.257 e. The second-order valence-corrected chi connectivity index (χ2v) is 13.1. The van der Waals surface area contributed by atoms with Gasteiger partial charge in [-0.05, 0) is 72.3 Å². The van der Waals surface area contributed by atoms with E-state index < -0.39 is 5.54 Å². The maximum absolute atomic E-state index is 13.5. The van der Waals surface area contributed by atoms with Crippen molar-refractivity contribution in [3.63, 3.8) is 0 Å². The van der Waals surface area contributed by atoms with Gasteiger partial charge in [0.25, 0.3) is 5.91 Å². The zero-order chi connectivity index (χ0) is 28.3. The third-order valence-electron chi connectivity index (χ3n) is 10.5. The van der Waals surface area contributed by atoms with Gasteiger partial charge in [-0.1, -0.05) is 95.5 Å². The number of carbonyl (C=O) groups excluding carboxylic acids is 2. The summed E-state index contributed by atoms with van der Waals surface area (Å²) in [6.07, 6.45) is 13.6. The number of nitrogens with two attached hydrogens (primary N) is 1. The highest BCUT2D eigenvalue weighted by Gasteiger charge is 2.48. The number of benzene rings is 2. The number of hydrogen-bond acceptors (Lipinski definition) is 4. The molecule has 6 heteroatoms. The van der Waals surface area contributed by atoms with E-state index in [0.717, 1.165) is 56.0 Å². The molecular formula is C34H48N4O2. The van der Waals surface area contributed by atoms with Gasteiger partial charge < -0.3 is 11.1 Å². The lowest BCUT2D eigenvalue weighted by Gasteiger charge is -2.38. The molecule has 1 aliphatic heterocycles. The summed E-state index contributed by atoms with van der Waals surface area (Å²) in [5.74, 6) is 2.30. The fourth-order valence-electron chi connectivity index (χ4n) is 7.72. The van der Waals surface area contributed by atoms with Crippen LogP contribution in [0.25, 0.3) is 10.8 Å². The Morgan fingerprint density at radius 2 is 1.75 bits per heavy atom. The van der Waals surface area contributed by atoms with Gasteiger partial charge in [-0.3, -0.25) is 14.5 Å². The molecule has 0 saturated heterocycles. The molecule has 5 rings (SSSR count). The average molecular weight is 545 g/mol. The lowest BCUT2D eigenvalue weighted by atomic mass is 9.68. The molecule has 3 aliphatic rings. The second-order valence-electron chi connectivity index (χ2n) is 13.1. The van der Waals surface area contributed by atoms with Crippen molar-refractivity contribution >= 4 is 34.2 Å². The summed E-state index contributed by atoms with van der Waals surface area (Å²) < 4.78 is 0. The van der Waals surface area contributed by atoms with Crippen molar-refractivity contribution in [3.05, 3.63) is 42.5 Å². The minimum atomic E-state index is -0.703. The highest BCUT2D eigenvalue weighted by molar-refractivity contribution is 6.06. The summed E-state index contributed by atoms with van der Waals surface area (Å²) in [5.41, 5.74) is 6.36. The van der Waals surface area contributed by atoms with Crippen LogP contribution in [0, 0.1) is 29.6 Å². The van der Waals surface area contributed by atoms with Crippen LogP contribution in [0.2, 0.25) is 0 Å². The van der Waals surface area contributed by atoms with Crippen LogP contribution in [-0.2, 0) is 9.59 Å². The van der Waals surface area contributed by atoms with Crippen LogP contribution in [0.5, 0.6) is 0 Å². The average Bonchev–Trinajstić information content (AvgIpc) is 3.19. The molecular weight excluding hydrogens is 496 g/mol. The molecule has 40 heavy (non-hydrogen) atoms. The molecule has 6 nitrogen and oxygen atoms in total. The topological polar surface area (TPSA) is 87.8 Å².